The van der Waals surface area contributed by atoms with Gasteiger partial charge in [0.2, 0.25) is 17.7 Å². The number of furan rings is 1. The molecule has 1 aromatic heterocycles. The van der Waals surface area contributed by atoms with Gasteiger partial charge in [0.05, 0.1) is 18.7 Å². The third kappa shape index (κ3) is 5.64. The molecule has 8 heteroatoms. The number of nitrogens with zero attached hydrogens (tertiary/aromatic N) is 2. The zero-order chi connectivity index (χ0) is 23.2. The van der Waals surface area contributed by atoms with Crippen molar-refractivity contribution < 1.29 is 18.8 Å². The summed E-state index contributed by atoms with van der Waals surface area (Å²) in [5.41, 5.74) is 1.43. The highest BCUT2D eigenvalue weighted by atomic mass is 32.2. The van der Waals surface area contributed by atoms with E-state index < -0.39 is 5.92 Å². The second-order valence-electron chi connectivity index (χ2n) is 7.79. The highest BCUT2D eigenvalue weighted by Gasteiger charge is 2.38. The summed E-state index contributed by atoms with van der Waals surface area (Å²) in [5, 5.41) is 2.81. The lowest BCUT2D eigenvalue weighted by molar-refractivity contribution is -0.139. The quantitative estimate of drug-likeness (QED) is 0.510. The Balaban J connectivity index is 1.47. The summed E-state index contributed by atoms with van der Waals surface area (Å²) in [6.45, 7) is 0.300. The molecule has 0 spiro atoms. The molecule has 33 heavy (non-hydrogen) atoms. The molecule has 170 valence electrons. The van der Waals surface area contributed by atoms with Gasteiger partial charge in [0.25, 0.3) is 0 Å². The van der Waals surface area contributed by atoms with Crippen LogP contribution in [0.4, 0.5) is 11.4 Å². The van der Waals surface area contributed by atoms with Gasteiger partial charge < -0.3 is 19.5 Å². The maximum Gasteiger partial charge on any atom is 0.244 e. The van der Waals surface area contributed by atoms with Crippen LogP contribution in [0.3, 0.4) is 0 Å². The van der Waals surface area contributed by atoms with Gasteiger partial charge in [-0.3, -0.25) is 14.4 Å². The van der Waals surface area contributed by atoms with Crippen LogP contribution >= 0.6 is 11.8 Å². The Morgan fingerprint density at radius 1 is 1.09 bits per heavy atom. The molecule has 1 unspecified atom stereocenters. The Hall–Kier alpha value is -3.52. The predicted octanol–water partition coefficient (Wildman–Crippen LogP) is 4.02. The van der Waals surface area contributed by atoms with Crippen LogP contribution in [-0.2, 0) is 20.9 Å². The molecule has 2 heterocycles. The number of anilines is 2. The summed E-state index contributed by atoms with van der Waals surface area (Å²) in [7, 11) is 0. The Morgan fingerprint density at radius 3 is 2.52 bits per heavy atom. The summed E-state index contributed by atoms with van der Waals surface area (Å²) in [6.07, 6.45) is 3.63. The standard InChI is InChI=1S/C25H25N3O4S/c1-33-22-11-9-20(10-12-22)28-15-18(14-24(28)30)25(31)27(16-21-8-5-13-32-21)17-23(29)26-19-6-3-2-4-7-19/h2-13,18H,14-17H2,1H3,(H,26,29). The van der Waals surface area contributed by atoms with Crippen molar-refractivity contribution >= 4 is 40.9 Å². The van der Waals surface area contributed by atoms with Crippen molar-refractivity contribution in [3.63, 3.8) is 0 Å². The van der Waals surface area contributed by atoms with Crippen LogP contribution in [0.15, 0.2) is 82.3 Å². The van der Waals surface area contributed by atoms with E-state index in [9.17, 15) is 14.4 Å². The van der Waals surface area contributed by atoms with Crippen LogP contribution in [0.25, 0.3) is 0 Å². The van der Waals surface area contributed by atoms with Gasteiger partial charge in [-0.25, -0.2) is 0 Å². The number of nitrogens with one attached hydrogen (secondary N) is 1. The smallest absolute Gasteiger partial charge is 0.244 e. The van der Waals surface area contributed by atoms with Crippen LogP contribution in [0.5, 0.6) is 0 Å². The maximum atomic E-state index is 13.4. The average molecular weight is 464 g/mol. The van der Waals surface area contributed by atoms with Gasteiger partial charge in [0.15, 0.2) is 0 Å². The molecule has 1 aliphatic heterocycles. The SMILES string of the molecule is CSc1ccc(N2CC(C(=O)N(CC(=O)Nc3ccccc3)Cc3ccco3)CC2=O)cc1. The fraction of sp³-hybridized carbons (Fsp3) is 0.240. The molecule has 4 rings (SSSR count). The van der Waals surface area contributed by atoms with Gasteiger partial charge in [-0.2, -0.15) is 0 Å². The van der Waals surface area contributed by atoms with Crippen molar-refractivity contribution in [2.45, 2.75) is 17.9 Å². The van der Waals surface area contributed by atoms with E-state index in [0.29, 0.717) is 11.4 Å². The Kier molecular flexibility index (Phi) is 7.14. The monoisotopic (exact) mass is 463 g/mol. The molecule has 3 aromatic rings. The molecule has 7 nitrogen and oxygen atoms in total. The van der Waals surface area contributed by atoms with Crippen molar-refractivity contribution in [1.29, 1.82) is 0 Å². The number of benzene rings is 2. The molecular formula is C25H25N3O4S. The number of hydrogen-bond acceptors (Lipinski definition) is 5. The van der Waals surface area contributed by atoms with E-state index in [1.165, 1.54) is 11.2 Å². The minimum Gasteiger partial charge on any atom is -0.467 e. The van der Waals surface area contributed by atoms with Gasteiger partial charge in [0.1, 0.15) is 12.3 Å². The Morgan fingerprint density at radius 2 is 1.85 bits per heavy atom. The predicted molar refractivity (Wildman–Crippen MR) is 128 cm³/mol. The van der Waals surface area contributed by atoms with Crippen molar-refractivity contribution in [1.82, 2.24) is 4.90 Å². The molecule has 1 fully saturated rings. The second kappa shape index (κ2) is 10.4. The first-order valence-electron chi connectivity index (χ1n) is 10.6. The molecule has 3 amide bonds. The van der Waals surface area contributed by atoms with E-state index in [1.54, 1.807) is 40.9 Å². The summed E-state index contributed by atoms with van der Waals surface area (Å²) in [5.74, 6) is -0.611. The average Bonchev–Trinajstić information content (AvgIpc) is 3.48. The highest BCUT2D eigenvalue weighted by molar-refractivity contribution is 7.98. The second-order valence-corrected chi connectivity index (χ2v) is 8.67. The molecular weight excluding hydrogens is 438 g/mol. The first-order valence-corrected chi connectivity index (χ1v) is 11.9. The zero-order valence-corrected chi connectivity index (χ0v) is 19.1. The summed E-state index contributed by atoms with van der Waals surface area (Å²) in [6, 6.07) is 20.3. The minimum atomic E-state index is -0.530. The molecule has 1 saturated heterocycles. The lowest BCUT2D eigenvalue weighted by Crippen LogP contribution is -2.41. The van der Waals surface area contributed by atoms with Crippen molar-refractivity contribution in [2.75, 3.05) is 29.6 Å². The van der Waals surface area contributed by atoms with Crippen LogP contribution in [0.2, 0.25) is 0 Å². The molecule has 1 aliphatic rings. The number of para-hydroxylation sites is 1. The number of carbonyl (C=O) groups is 3. The number of hydrogen-bond donors (Lipinski definition) is 1. The summed E-state index contributed by atoms with van der Waals surface area (Å²) >= 11 is 1.63. The number of carbonyl (C=O) groups excluding carboxylic acids is 3. The van der Waals surface area contributed by atoms with Gasteiger partial charge in [-0.1, -0.05) is 18.2 Å². The Bertz CT molecular complexity index is 1100. The molecule has 0 aliphatic carbocycles. The van der Waals surface area contributed by atoms with E-state index >= 15 is 0 Å². The maximum absolute atomic E-state index is 13.4. The fourth-order valence-corrected chi connectivity index (χ4v) is 4.25. The third-order valence-corrected chi connectivity index (χ3v) is 6.23. The minimum absolute atomic E-state index is 0.100. The van der Waals surface area contributed by atoms with E-state index in [0.717, 1.165) is 10.6 Å². The first-order chi connectivity index (χ1) is 16.0. The topological polar surface area (TPSA) is 82.9 Å². The summed E-state index contributed by atoms with van der Waals surface area (Å²) < 4.78 is 5.41. The number of thioether (sulfide) groups is 1. The molecule has 0 radical (unpaired) electrons. The number of rotatable bonds is 8. The van der Waals surface area contributed by atoms with Crippen molar-refractivity contribution in [2.24, 2.45) is 5.92 Å². The zero-order valence-electron chi connectivity index (χ0n) is 18.3. The lowest BCUT2D eigenvalue weighted by Gasteiger charge is -2.24. The normalized spacial score (nSPS) is 15.5. The molecule has 1 N–H and O–H groups in total. The molecule has 1 atom stereocenters. The van der Waals surface area contributed by atoms with Gasteiger partial charge in [-0.15, -0.1) is 11.8 Å². The lowest BCUT2D eigenvalue weighted by atomic mass is 10.1. The fourth-order valence-electron chi connectivity index (χ4n) is 3.84. The van der Waals surface area contributed by atoms with E-state index in [2.05, 4.69) is 5.32 Å². The van der Waals surface area contributed by atoms with Crippen LogP contribution in [0, 0.1) is 5.92 Å². The number of amides is 3. The van der Waals surface area contributed by atoms with Crippen molar-refractivity contribution in [3.8, 4) is 0 Å². The van der Waals surface area contributed by atoms with E-state index in [1.807, 2.05) is 48.7 Å². The van der Waals surface area contributed by atoms with Crippen LogP contribution < -0.4 is 10.2 Å². The van der Waals surface area contributed by atoms with E-state index in [-0.39, 0.29) is 43.8 Å². The van der Waals surface area contributed by atoms with Gasteiger partial charge >= 0.3 is 0 Å². The largest absolute Gasteiger partial charge is 0.467 e. The third-order valence-electron chi connectivity index (χ3n) is 5.49. The van der Waals surface area contributed by atoms with Crippen LogP contribution in [0.1, 0.15) is 12.2 Å². The first kappa shape index (κ1) is 22.7. The summed E-state index contributed by atoms with van der Waals surface area (Å²) in [4.78, 5) is 43.0. The molecule has 2 aromatic carbocycles. The highest BCUT2D eigenvalue weighted by Crippen LogP contribution is 2.28. The van der Waals surface area contributed by atoms with E-state index in [4.69, 9.17) is 4.42 Å². The van der Waals surface area contributed by atoms with Gasteiger partial charge in [0, 0.05) is 29.2 Å². The van der Waals surface area contributed by atoms with Crippen molar-refractivity contribution in [3.05, 3.63) is 78.8 Å². The molecule has 0 bridgehead atoms. The Labute approximate surface area is 196 Å². The van der Waals surface area contributed by atoms with Crippen LogP contribution in [-0.4, -0.2) is 42.0 Å². The molecule has 0 saturated carbocycles. The van der Waals surface area contributed by atoms with Gasteiger partial charge in [-0.05, 0) is 54.8 Å².